The van der Waals surface area contributed by atoms with E-state index in [2.05, 4.69) is 0 Å². The van der Waals surface area contributed by atoms with Crippen molar-refractivity contribution in [3.63, 3.8) is 0 Å². The number of carbonyl (C=O) groups is 1. The summed E-state index contributed by atoms with van der Waals surface area (Å²) in [5.41, 5.74) is 2.96. The minimum Gasteiger partial charge on any atom is -0.294 e. The number of nitrogens with zero attached hydrogens (tertiary/aromatic N) is 2. The number of allylic oxidation sites excluding steroid dienone is 2. The Hall–Kier alpha value is -2.39. The first-order chi connectivity index (χ1) is 7.67. The minimum atomic E-state index is -0.0169. The summed E-state index contributed by atoms with van der Waals surface area (Å²) in [6.07, 6.45) is 0.162. The van der Waals surface area contributed by atoms with Crippen LogP contribution in [0.15, 0.2) is 23.8 Å². The monoisotopic (exact) mass is 208 g/mol. The molecule has 0 aromatic heterocycles. The van der Waals surface area contributed by atoms with Crippen molar-refractivity contribution in [1.29, 1.82) is 10.5 Å². The molecule has 1 aromatic carbocycles. The van der Waals surface area contributed by atoms with Crippen LogP contribution in [0.4, 0.5) is 0 Å². The van der Waals surface area contributed by atoms with Crippen LogP contribution in [-0.2, 0) is 0 Å². The van der Waals surface area contributed by atoms with Crippen LogP contribution in [0.3, 0.4) is 0 Å². The second-order valence-corrected chi connectivity index (χ2v) is 3.73. The quantitative estimate of drug-likeness (QED) is 0.615. The summed E-state index contributed by atoms with van der Waals surface area (Å²) in [6.45, 7) is 1.91. The van der Waals surface area contributed by atoms with E-state index in [4.69, 9.17) is 10.5 Å². The summed E-state index contributed by atoms with van der Waals surface area (Å²) in [6, 6.07) is 9.16. The molecule has 0 radical (unpaired) electrons. The summed E-state index contributed by atoms with van der Waals surface area (Å²) in [5, 5.41) is 17.6. The van der Waals surface area contributed by atoms with Crippen molar-refractivity contribution in [2.75, 3.05) is 0 Å². The second kappa shape index (κ2) is 3.64. The normalized spacial score (nSPS) is 12.9. The number of hydrogen-bond donors (Lipinski definition) is 0. The Labute approximate surface area is 93.2 Å². The van der Waals surface area contributed by atoms with Gasteiger partial charge in [0.1, 0.15) is 17.7 Å². The number of hydrogen-bond acceptors (Lipinski definition) is 3. The summed E-state index contributed by atoms with van der Waals surface area (Å²) in [4.78, 5) is 11.7. The average Bonchev–Trinajstić information content (AvgIpc) is 2.58. The summed E-state index contributed by atoms with van der Waals surface area (Å²) in [5.74, 6) is -0.0169. The maximum Gasteiger partial charge on any atom is 0.167 e. The molecule has 2 rings (SSSR count). The Morgan fingerprint density at radius 1 is 1.25 bits per heavy atom. The van der Waals surface area contributed by atoms with Crippen molar-refractivity contribution in [2.24, 2.45) is 0 Å². The first kappa shape index (κ1) is 10.1. The predicted molar refractivity (Wildman–Crippen MR) is 58.3 cm³/mol. The fourth-order valence-electron chi connectivity index (χ4n) is 1.89. The zero-order valence-corrected chi connectivity index (χ0v) is 8.74. The number of aryl methyl sites for hydroxylation is 1. The molecule has 1 aliphatic carbocycles. The molecule has 76 valence electrons. The topological polar surface area (TPSA) is 64.7 Å². The minimum absolute atomic E-state index is 0.0169. The molecule has 16 heavy (non-hydrogen) atoms. The van der Waals surface area contributed by atoms with Gasteiger partial charge < -0.3 is 0 Å². The van der Waals surface area contributed by atoms with Gasteiger partial charge in [-0.25, -0.2) is 0 Å². The maximum atomic E-state index is 11.7. The maximum absolute atomic E-state index is 11.7. The third-order valence-electron chi connectivity index (χ3n) is 2.66. The van der Waals surface area contributed by atoms with Gasteiger partial charge in [0.2, 0.25) is 0 Å². The standard InChI is InChI=1S/C13H8N2O/c1-8-2-3-10-11(9(6-14)7-15)5-13(16)12(10)4-8/h2-4H,5H2,1H3. The lowest BCUT2D eigenvalue weighted by Gasteiger charge is -2.00. The van der Waals surface area contributed by atoms with Gasteiger partial charge >= 0.3 is 0 Å². The third kappa shape index (κ3) is 1.39. The molecule has 0 saturated heterocycles. The average molecular weight is 208 g/mol. The molecule has 0 atom stereocenters. The van der Waals surface area contributed by atoms with Crippen LogP contribution >= 0.6 is 0 Å². The molecular formula is C13H8N2O. The first-order valence-electron chi connectivity index (χ1n) is 4.85. The Morgan fingerprint density at radius 3 is 2.56 bits per heavy atom. The van der Waals surface area contributed by atoms with Crippen molar-refractivity contribution in [3.8, 4) is 12.1 Å². The van der Waals surface area contributed by atoms with Gasteiger partial charge in [0.15, 0.2) is 5.78 Å². The number of Topliss-reactive ketones (excluding diaryl/α,β-unsaturated/α-hetero) is 1. The predicted octanol–water partition coefficient (Wildman–Crippen LogP) is 2.38. The molecule has 0 bridgehead atoms. The number of rotatable bonds is 0. The molecule has 3 heteroatoms. The largest absolute Gasteiger partial charge is 0.294 e. The highest BCUT2D eigenvalue weighted by atomic mass is 16.1. The molecule has 0 amide bonds. The molecule has 0 N–H and O–H groups in total. The summed E-state index contributed by atoms with van der Waals surface area (Å²) < 4.78 is 0. The van der Waals surface area contributed by atoms with Crippen LogP contribution < -0.4 is 0 Å². The lowest BCUT2D eigenvalue weighted by Crippen LogP contribution is -1.90. The third-order valence-corrected chi connectivity index (χ3v) is 2.66. The van der Waals surface area contributed by atoms with Gasteiger partial charge in [0, 0.05) is 12.0 Å². The van der Waals surface area contributed by atoms with Crippen LogP contribution in [0, 0.1) is 29.6 Å². The van der Waals surface area contributed by atoms with Gasteiger partial charge in [-0.05, 0) is 24.1 Å². The van der Waals surface area contributed by atoms with Gasteiger partial charge in [-0.3, -0.25) is 4.79 Å². The Bertz CT molecular complexity index is 581. The van der Waals surface area contributed by atoms with Crippen molar-refractivity contribution in [2.45, 2.75) is 13.3 Å². The van der Waals surface area contributed by atoms with E-state index >= 15 is 0 Å². The van der Waals surface area contributed by atoms with Gasteiger partial charge in [0.25, 0.3) is 0 Å². The van der Waals surface area contributed by atoms with Crippen molar-refractivity contribution < 1.29 is 4.79 Å². The lowest BCUT2D eigenvalue weighted by atomic mass is 10.0. The number of nitriles is 2. The van der Waals surface area contributed by atoms with Crippen LogP contribution in [-0.4, -0.2) is 5.78 Å². The molecule has 3 nitrogen and oxygen atoms in total. The summed E-state index contributed by atoms with van der Waals surface area (Å²) >= 11 is 0. The van der Waals surface area contributed by atoms with Crippen LogP contribution in [0.25, 0.3) is 5.57 Å². The summed E-state index contributed by atoms with van der Waals surface area (Å²) in [7, 11) is 0. The molecule has 1 aromatic rings. The van der Waals surface area contributed by atoms with E-state index in [0.717, 1.165) is 11.1 Å². The van der Waals surface area contributed by atoms with E-state index in [9.17, 15) is 4.79 Å². The van der Waals surface area contributed by atoms with Crippen molar-refractivity contribution in [1.82, 2.24) is 0 Å². The molecule has 0 saturated carbocycles. The number of fused-ring (bicyclic) bond motifs is 1. The van der Waals surface area contributed by atoms with Gasteiger partial charge in [-0.1, -0.05) is 17.7 Å². The van der Waals surface area contributed by atoms with E-state index in [0.29, 0.717) is 11.1 Å². The molecular weight excluding hydrogens is 200 g/mol. The van der Waals surface area contributed by atoms with E-state index in [1.54, 1.807) is 12.1 Å². The highest BCUT2D eigenvalue weighted by Crippen LogP contribution is 2.34. The van der Waals surface area contributed by atoms with Gasteiger partial charge in [-0.15, -0.1) is 0 Å². The fraction of sp³-hybridized carbons (Fsp3) is 0.154. The van der Waals surface area contributed by atoms with Crippen molar-refractivity contribution >= 4 is 11.4 Å². The van der Waals surface area contributed by atoms with Gasteiger partial charge in [0.05, 0.1) is 0 Å². The molecule has 1 aliphatic rings. The SMILES string of the molecule is Cc1ccc2c(c1)C(=O)CC2=C(C#N)C#N. The second-order valence-electron chi connectivity index (χ2n) is 3.73. The zero-order chi connectivity index (χ0) is 11.7. The van der Waals surface area contributed by atoms with Crippen LogP contribution in [0.5, 0.6) is 0 Å². The lowest BCUT2D eigenvalue weighted by molar-refractivity contribution is 0.100. The van der Waals surface area contributed by atoms with Gasteiger partial charge in [-0.2, -0.15) is 10.5 Å². The molecule has 0 spiro atoms. The Kier molecular flexibility index (Phi) is 2.31. The Morgan fingerprint density at radius 2 is 1.94 bits per heavy atom. The first-order valence-corrected chi connectivity index (χ1v) is 4.85. The Balaban J connectivity index is 2.72. The number of ketones is 1. The van der Waals surface area contributed by atoms with E-state index in [-0.39, 0.29) is 17.8 Å². The molecule has 0 fully saturated rings. The zero-order valence-electron chi connectivity index (χ0n) is 8.74. The number of benzene rings is 1. The van der Waals surface area contributed by atoms with E-state index < -0.39 is 0 Å². The van der Waals surface area contributed by atoms with Crippen LogP contribution in [0.2, 0.25) is 0 Å². The molecule has 0 aliphatic heterocycles. The van der Waals surface area contributed by atoms with Crippen molar-refractivity contribution in [3.05, 3.63) is 40.5 Å². The molecule has 0 unspecified atom stereocenters. The van der Waals surface area contributed by atoms with Crippen LogP contribution in [0.1, 0.15) is 27.9 Å². The van der Waals surface area contributed by atoms with E-state index in [1.165, 1.54) is 0 Å². The highest BCUT2D eigenvalue weighted by molar-refractivity contribution is 6.13. The van der Waals surface area contributed by atoms with E-state index in [1.807, 2.05) is 25.1 Å². The number of carbonyl (C=O) groups excluding carboxylic acids is 1. The molecule has 0 heterocycles. The fourth-order valence-corrected chi connectivity index (χ4v) is 1.89. The smallest absolute Gasteiger partial charge is 0.167 e. The highest BCUT2D eigenvalue weighted by Gasteiger charge is 2.26.